The number of carboxylic acid groups (broad SMARTS) is 1. The Bertz CT molecular complexity index is 1660. The van der Waals surface area contributed by atoms with Gasteiger partial charge >= 0.3 is 5.97 Å². The van der Waals surface area contributed by atoms with E-state index >= 15 is 0 Å². The van der Waals surface area contributed by atoms with E-state index in [0.717, 1.165) is 39.4 Å². The number of rotatable bonds is 12. The highest BCUT2D eigenvalue weighted by Crippen LogP contribution is 2.23. The largest absolute Gasteiger partial charge is 0.480 e. The molecule has 0 radical (unpaired) electrons. The van der Waals surface area contributed by atoms with E-state index < -0.39 is 42.0 Å². The van der Waals surface area contributed by atoms with Gasteiger partial charge in [0.2, 0.25) is 17.7 Å². The van der Waals surface area contributed by atoms with Gasteiger partial charge in [0.25, 0.3) is 0 Å². The Morgan fingerprint density at radius 3 is 2.07 bits per heavy atom. The number of para-hydroxylation sites is 2. The number of aliphatic carboxylic acids is 1. The number of nitrogens with one attached hydrogen (secondary N) is 4. The molecule has 0 aliphatic carbocycles. The fourth-order valence-corrected chi connectivity index (χ4v) is 5.98. The third-order valence-electron chi connectivity index (χ3n) is 8.83. The van der Waals surface area contributed by atoms with Gasteiger partial charge in [-0.1, -0.05) is 56.7 Å². The molecular weight excluding hydrogens is 560 g/mol. The Labute approximate surface area is 255 Å². The molecule has 0 spiro atoms. The minimum atomic E-state index is -1.23. The summed E-state index contributed by atoms with van der Waals surface area (Å²) in [5.74, 6) is -2.59. The number of aromatic amines is 2. The number of H-pyrrole nitrogens is 2. The smallest absolute Gasteiger partial charge is 0.326 e. The zero-order chi connectivity index (χ0) is 31.4. The highest BCUT2D eigenvalue weighted by molar-refractivity contribution is 5.95. The zero-order valence-electron chi connectivity index (χ0n) is 25.0. The molecule has 44 heavy (non-hydrogen) atoms. The third-order valence-corrected chi connectivity index (χ3v) is 8.83. The molecule has 232 valence electrons. The molecule has 1 aliphatic heterocycles. The summed E-state index contributed by atoms with van der Waals surface area (Å²) in [7, 11) is 0. The number of carbonyl (C=O) groups excluding carboxylic acids is 3. The highest BCUT2D eigenvalue weighted by atomic mass is 16.4. The van der Waals surface area contributed by atoms with E-state index in [9.17, 15) is 24.3 Å². The van der Waals surface area contributed by atoms with Gasteiger partial charge in [0.05, 0.1) is 6.04 Å². The fraction of sp³-hybridized carbons (Fsp3) is 0.394. The number of carboxylic acids is 1. The molecule has 3 heterocycles. The quantitative estimate of drug-likeness (QED) is 0.146. The molecule has 5 rings (SSSR count). The number of carbonyl (C=O) groups is 4. The summed E-state index contributed by atoms with van der Waals surface area (Å²) >= 11 is 0. The van der Waals surface area contributed by atoms with Crippen LogP contribution in [0.5, 0.6) is 0 Å². The first-order valence-corrected chi connectivity index (χ1v) is 15.2. The third kappa shape index (κ3) is 6.47. The van der Waals surface area contributed by atoms with E-state index in [2.05, 4.69) is 20.6 Å². The van der Waals surface area contributed by atoms with E-state index in [-0.39, 0.29) is 24.7 Å². The molecule has 7 N–H and O–H groups in total. The molecule has 5 atom stereocenters. The molecule has 2 aromatic carbocycles. The van der Waals surface area contributed by atoms with Crippen LogP contribution in [0, 0.1) is 5.92 Å². The van der Waals surface area contributed by atoms with Gasteiger partial charge in [0.15, 0.2) is 0 Å². The maximum Gasteiger partial charge on any atom is 0.326 e. The number of fused-ring (bicyclic) bond motifs is 2. The van der Waals surface area contributed by atoms with Crippen LogP contribution in [0.2, 0.25) is 0 Å². The van der Waals surface area contributed by atoms with Crippen molar-refractivity contribution in [2.75, 3.05) is 6.54 Å². The van der Waals surface area contributed by atoms with E-state index in [1.165, 1.54) is 4.90 Å². The standard InChI is InChI=1S/C33H40N6O5/c1-3-19(2)29(34)32(42)39-14-8-13-28(39)31(41)37-26(15-20-17-35-24-11-6-4-9-22(20)24)30(40)38-27(33(43)44)16-21-18-36-25-12-7-5-10-23(21)25/h4-7,9-12,17-19,26-29,35-36H,3,8,13-16,34H2,1-2H3,(H,37,41)(H,38,40)(H,43,44). The molecule has 11 nitrogen and oxygen atoms in total. The van der Waals surface area contributed by atoms with E-state index in [1.807, 2.05) is 62.4 Å². The molecule has 0 saturated carbocycles. The van der Waals surface area contributed by atoms with Crippen LogP contribution in [0.15, 0.2) is 60.9 Å². The van der Waals surface area contributed by atoms with Crippen LogP contribution in [0.1, 0.15) is 44.2 Å². The topological polar surface area (TPSA) is 173 Å². The lowest BCUT2D eigenvalue weighted by atomic mass is 9.98. The van der Waals surface area contributed by atoms with Crippen molar-refractivity contribution in [1.82, 2.24) is 25.5 Å². The minimum Gasteiger partial charge on any atom is -0.480 e. The number of likely N-dealkylation sites (tertiary alicyclic amines) is 1. The Balaban J connectivity index is 1.38. The Morgan fingerprint density at radius 2 is 1.50 bits per heavy atom. The molecule has 4 aromatic rings. The molecule has 3 amide bonds. The predicted molar refractivity (Wildman–Crippen MR) is 168 cm³/mol. The van der Waals surface area contributed by atoms with Crippen LogP contribution in [0.25, 0.3) is 21.8 Å². The maximum absolute atomic E-state index is 13.8. The van der Waals surface area contributed by atoms with E-state index in [4.69, 9.17) is 5.73 Å². The number of nitrogens with two attached hydrogens (primary N) is 1. The predicted octanol–water partition coefficient (Wildman–Crippen LogP) is 2.85. The summed E-state index contributed by atoms with van der Waals surface area (Å²) in [6.45, 7) is 4.28. The normalized spacial score (nSPS) is 17.7. The molecule has 1 aliphatic rings. The van der Waals surface area contributed by atoms with Crippen LogP contribution < -0.4 is 16.4 Å². The summed E-state index contributed by atoms with van der Waals surface area (Å²) in [4.78, 5) is 60.9. The maximum atomic E-state index is 13.8. The summed E-state index contributed by atoms with van der Waals surface area (Å²) in [5, 5.41) is 17.4. The van der Waals surface area contributed by atoms with Gasteiger partial charge < -0.3 is 36.3 Å². The number of aromatic nitrogens is 2. The Kier molecular flexibility index (Phi) is 9.34. The van der Waals surface area contributed by atoms with Gasteiger partial charge in [-0.15, -0.1) is 0 Å². The number of benzene rings is 2. The molecule has 0 bridgehead atoms. The number of amides is 3. The summed E-state index contributed by atoms with van der Waals surface area (Å²) < 4.78 is 0. The van der Waals surface area contributed by atoms with Gasteiger partial charge in [-0.25, -0.2) is 4.79 Å². The lowest BCUT2D eigenvalue weighted by molar-refractivity contribution is -0.143. The van der Waals surface area contributed by atoms with Gasteiger partial charge in [-0.2, -0.15) is 0 Å². The van der Waals surface area contributed by atoms with Crippen molar-refractivity contribution >= 4 is 45.5 Å². The van der Waals surface area contributed by atoms with E-state index in [1.54, 1.807) is 12.4 Å². The Morgan fingerprint density at radius 1 is 0.932 bits per heavy atom. The average molecular weight is 601 g/mol. The minimum absolute atomic E-state index is 0.0442. The molecule has 5 unspecified atom stereocenters. The van der Waals surface area contributed by atoms with Crippen molar-refractivity contribution < 1.29 is 24.3 Å². The van der Waals surface area contributed by atoms with Crippen LogP contribution in [-0.2, 0) is 32.0 Å². The molecule has 11 heteroatoms. The van der Waals surface area contributed by atoms with Crippen molar-refractivity contribution in [3.05, 3.63) is 72.1 Å². The van der Waals surface area contributed by atoms with Crippen LogP contribution in [0.4, 0.5) is 0 Å². The first-order chi connectivity index (χ1) is 21.2. The lowest BCUT2D eigenvalue weighted by Crippen LogP contribution is -2.57. The summed E-state index contributed by atoms with van der Waals surface area (Å²) in [6.07, 6.45) is 5.52. The first-order valence-electron chi connectivity index (χ1n) is 15.2. The lowest BCUT2D eigenvalue weighted by Gasteiger charge is -2.30. The van der Waals surface area contributed by atoms with Crippen LogP contribution in [0.3, 0.4) is 0 Å². The molecule has 1 fully saturated rings. The van der Waals surface area contributed by atoms with Gasteiger partial charge in [0.1, 0.15) is 18.1 Å². The monoisotopic (exact) mass is 600 g/mol. The average Bonchev–Trinajstić information content (AvgIpc) is 3.78. The summed E-state index contributed by atoms with van der Waals surface area (Å²) in [5.41, 5.74) is 9.52. The second kappa shape index (κ2) is 13.3. The van der Waals surface area contributed by atoms with Crippen LogP contribution in [-0.4, -0.2) is 74.4 Å². The number of hydrogen-bond acceptors (Lipinski definition) is 5. The highest BCUT2D eigenvalue weighted by Gasteiger charge is 2.39. The van der Waals surface area contributed by atoms with Crippen LogP contribution >= 0.6 is 0 Å². The van der Waals surface area contributed by atoms with Crippen molar-refractivity contribution in [3.63, 3.8) is 0 Å². The van der Waals surface area contributed by atoms with Crippen molar-refractivity contribution in [2.24, 2.45) is 11.7 Å². The Hall–Kier alpha value is -4.64. The van der Waals surface area contributed by atoms with Gasteiger partial charge in [-0.05, 0) is 42.0 Å². The number of nitrogens with zero attached hydrogens (tertiary/aromatic N) is 1. The second-order valence-corrected chi connectivity index (χ2v) is 11.7. The first kappa shape index (κ1) is 30.8. The fourth-order valence-electron chi connectivity index (χ4n) is 5.98. The SMILES string of the molecule is CCC(C)C(N)C(=O)N1CCCC1C(=O)NC(Cc1c[nH]c2ccccc12)C(=O)NC(Cc1c[nH]c2ccccc12)C(=O)O. The number of hydrogen-bond donors (Lipinski definition) is 6. The van der Waals surface area contributed by atoms with Crippen molar-refractivity contribution in [2.45, 2.75) is 70.1 Å². The van der Waals surface area contributed by atoms with Gasteiger partial charge in [-0.3, -0.25) is 14.4 Å². The molecular formula is C33H40N6O5. The second-order valence-electron chi connectivity index (χ2n) is 11.7. The molecule has 2 aromatic heterocycles. The zero-order valence-corrected chi connectivity index (χ0v) is 25.0. The van der Waals surface area contributed by atoms with Crippen molar-refractivity contribution in [3.8, 4) is 0 Å². The summed E-state index contributed by atoms with van der Waals surface area (Å²) in [6, 6.07) is 11.3. The molecule has 1 saturated heterocycles. The van der Waals surface area contributed by atoms with Gasteiger partial charge in [0, 0.05) is 53.6 Å². The van der Waals surface area contributed by atoms with E-state index in [0.29, 0.717) is 19.4 Å². The van der Waals surface area contributed by atoms with Crippen molar-refractivity contribution in [1.29, 1.82) is 0 Å².